The van der Waals surface area contributed by atoms with Crippen LogP contribution in [-0.4, -0.2) is 47.8 Å². The molecule has 0 bridgehead atoms. The smallest absolute Gasteiger partial charge is 0.258 e. The fourth-order valence-electron chi connectivity index (χ4n) is 1.15. The molecule has 0 spiro atoms. The van der Waals surface area contributed by atoms with Gasteiger partial charge in [-0.05, 0) is 17.9 Å². The lowest BCUT2D eigenvalue weighted by Gasteiger charge is -2.10. The first-order valence-electron chi connectivity index (χ1n) is 5.22. The first-order valence-corrected chi connectivity index (χ1v) is 6.89. The van der Waals surface area contributed by atoms with Gasteiger partial charge in [0.05, 0.1) is 0 Å². The van der Waals surface area contributed by atoms with Crippen molar-refractivity contribution in [3.8, 4) is 5.95 Å². The van der Waals surface area contributed by atoms with Crippen LogP contribution in [-0.2, 0) is 0 Å². The Balaban J connectivity index is 2.17. The third kappa shape index (κ3) is 3.30. The molecule has 0 aliphatic carbocycles. The monoisotopic (exact) mass is 285 g/mol. The Bertz CT molecular complexity index is 504. The van der Waals surface area contributed by atoms with E-state index in [1.54, 1.807) is 11.8 Å². The molecular weight excluding hydrogens is 274 g/mol. The van der Waals surface area contributed by atoms with Crippen LogP contribution >= 0.6 is 23.4 Å². The zero-order valence-corrected chi connectivity index (χ0v) is 11.5. The maximum Gasteiger partial charge on any atom is 0.258 e. The number of nitrogens with one attached hydrogen (secondary N) is 1. The third-order valence-electron chi connectivity index (χ3n) is 2.17. The van der Waals surface area contributed by atoms with Crippen LogP contribution in [0.25, 0.3) is 5.95 Å². The summed E-state index contributed by atoms with van der Waals surface area (Å²) in [6.45, 7) is 2.86. The van der Waals surface area contributed by atoms with Crippen LogP contribution in [0.5, 0.6) is 0 Å². The molecule has 2 aromatic rings. The predicted molar refractivity (Wildman–Crippen MR) is 71.2 cm³/mol. The van der Waals surface area contributed by atoms with Crippen molar-refractivity contribution in [2.45, 2.75) is 12.2 Å². The standard InChI is InChI=1S/C9H12ClN7S/c1-6(18-2)3-12-8-14-7(10)15-9(16-8)17-5-11-4-13-17/h4-6H,3H2,1-2H3,(H,12,14,15,16). The van der Waals surface area contributed by atoms with Gasteiger partial charge >= 0.3 is 0 Å². The molecule has 0 aromatic carbocycles. The second-order valence-corrected chi connectivity index (χ2v) is 5.11. The van der Waals surface area contributed by atoms with Gasteiger partial charge in [0.15, 0.2) is 0 Å². The van der Waals surface area contributed by atoms with Gasteiger partial charge in [-0.25, -0.2) is 4.98 Å². The number of thioether (sulfide) groups is 1. The molecular formula is C9H12ClN7S. The summed E-state index contributed by atoms with van der Waals surface area (Å²) in [5, 5.41) is 7.63. The highest BCUT2D eigenvalue weighted by Gasteiger charge is 2.08. The van der Waals surface area contributed by atoms with E-state index < -0.39 is 0 Å². The van der Waals surface area contributed by atoms with Crippen LogP contribution in [0.1, 0.15) is 6.92 Å². The number of anilines is 1. The van der Waals surface area contributed by atoms with Crippen molar-refractivity contribution in [2.75, 3.05) is 18.1 Å². The normalized spacial score (nSPS) is 12.4. The van der Waals surface area contributed by atoms with Gasteiger partial charge in [0, 0.05) is 11.8 Å². The minimum Gasteiger partial charge on any atom is -0.353 e. The van der Waals surface area contributed by atoms with Crippen LogP contribution in [0.15, 0.2) is 12.7 Å². The molecule has 2 rings (SSSR count). The fraction of sp³-hybridized carbons (Fsp3) is 0.444. The highest BCUT2D eigenvalue weighted by Crippen LogP contribution is 2.10. The molecule has 1 unspecified atom stereocenters. The summed E-state index contributed by atoms with van der Waals surface area (Å²) in [6, 6.07) is 0. The maximum atomic E-state index is 5.85. The molecule has 9 heteroatoms. The summed E-state index contributed by atoms with van der Waals surface area (Å²) < 4.78 is 1.43. The summed E-state index contributed by atoms with van der Waals surface area (Å²) in [6.07, 6.45) is 4.95. The lowest BCUT2D eigenvalue weighted by molar-refractivity contribution is 0.792. The lowest BCUT2D eigenvalue weighted by Crippen LogP contribution is -2.16. The zero-order valence-electron chi connectivity index (χ0n) is 9.91. The molecule has 96 valence electrons. The van der Waals surface area contributed by atoms with Gasteiger partial charge in [0.25, 0.3) is 5.95 Å². The molecule has 0 amide bonds. The molecule has 0 aliphatic rings. The van der Waals surface area contributed by atoms with Gasteiger partial charge in [-0.1, -0.05) is 6.92 Å². The molecule has 0 saturated heterocycles. The van der Waals surface area contributed by atoms with Crippen molar-refractivity contribution >= 4 is 29.3 Å². The van der Waals surface area contributed by atoms with Crippen molar-refractivity contribution in [3.05, 3.63) is 17.9 Å². The van der Waals surface area contributed by atoms with Crippen LogP contribution in [0, 0.1) is 0 Å². The summed E-state index contributed by atoms with van der Waals surface area (Å²) in [5.74, 6) is 0.771. The molecule has 0 saturated carbocycles. The van der Waals surface area contributed by atoms with E-state index in [0.29, 0.717) is 17.1 Å². The molecule has 2 heterocycles. The fourth-order valence-corrected chi connectivity index (χ4v) is 1.56. The number of hydrogen-bond donors (Lipinski definition) is 1. The van der Waals surface area contributed by atoms with Crippen molar-refractivity contribution in [2.24, 2.45) is 0 Å². The van der Waals surface area contributed by atoms with Crippen LogP contribution in [0.2, 0.25) is 5.28 Å². The molecule has 0 fully saturated rings. The van der Waals surface area contributed by atoms with Gasteiger partial charge in [0.2, 0.25) is 11.2 Å². The highest BCUT2D eigenvalue weighted by molar-refractivity contribution is 7.99. The molecule has 0 aliphatic heterocycles. The highest BCUT2D eigenvalue weighted by atomic mass is 35.5. The van der Waals surface area contributed by atoms with Gasteiger partial charge < -0.3 is 5.32 Å². The average molecular weight is 286 g/mol. The quantitative estimate of drug-likeness (QED) is 0.886. The lowest BCUT2D eigenvalue weighted by atomic mass is 10.5. The molecule has 7 nitrogen and oxygen atoms in total. The molecule has 1 N–H and O–H groups in total. The zero-order chi connectivity index (χ0) is 13.0. The third-order valence-corrected chi connectivity index (χ3v) is 3.31. The summed E-state index contributed by atoms with van der Waals surface area (Å²) in [5.41, 5.74) is 0. The first-order chi connectivity index (χ1) is 8.69. The number of halogens is 1. The van der Waals surface area contributed by atoms with E-state index in [4.69, 9.17) is 11.6 Å². The first kappa shape index (κ1) is 13.0. The minimum atomic E-state index is 0.120. The van der Waals surface area contributed by atoms with E-state index >= 15 is 0 Å². The van der Waals surface area contributed by atoms with Crippen molar-refractivity contribution in [1.82, 2.24) is 29.7 Å². The summed E-state index contributed by atoms with van der Waals surface area (Å²) >= 11 is 7.60. The summed E-state index contributed by atoms with van der Waals surface area (Å²) in [7, 11) is 0. The van der Waals surface area contributed by atoms with Crippen LogP contribution in [0.4, 0.5) is 5.95 Å². The number of hydrogen-bond acceptors (Lipinski definition) is 7. The largest absolute Gasteiger partial charge is 0.353 e. The predicted octanol–water partition coefficient (Wildman–Crippen LogP) is 1.27. The summed E-state index contributed by atoms with van der Waals surface area (Å²) in [4.78, 5) is 16.0. The van der Waals surface area contributed by atoms with Crippen molar-refractivity contribution < 1.29 is 0 Å². The number of aromatic nitrogens is 6. The van der Waals surface area contributed by atoms with E-state index in [1.807, 2.05) is 6.26 Å². The van der Waals surface area contributed by atoms with Crippen LogP contribution in [0.3, 0.4) is 0 Å². The van der Waals surface area contributed by atoms with E-state index in [1.165, 1.54) is 17.3 Å². The van der Waals surface area contributed by atoms with E-state index in [2.05, 4.69) is 37.3 Å². The molecule has 2 aromatic heterocycles. The van der Waals surface area contributed by atoms with Gasteiger partial charge in [-0.2, -0.15) is 36.5 Å². The maximum absolute atomic E-state index is 5.85. The van der Waals surface area contributed by atoms with E-state index in [9.17, 15) is 0 Å². The van der Waals surface area contributed by atoms with Gasteiger partial charge in [-0.15, -0.1) is 0 Å². The average Bonchev–Trinajstić information content (AvgIpc) is 2.89. The van der Waals surface area contributed by atoms with Gasteiger partial charge in [-0.3, -0.25) is 0 Å². The van der Waals surface area contributed by atoms with Crippen LogP contribution < -0.4 is 5.32 Å². The SMILES string of the molecule is CSC(C)CNc1nc(Cl)nc(-n2cncn2)n1. The second-order valence-electron chi connectivity index (χ2n) is 3.50. The van der Waals surface area contributed by atoms with Crippen molar-refractivity contribution in [1.29, 1.82) is 0 Å². The Morgan fingerprint density at radius 2 is 2.28 bits per heavy atom. The topological polar surface area (TPSA) is 81.4 Å². The Kier molecular flexibility index (Phi) is 4.32. The molecule has 0 radical (unpaired) electrons. The van der Waals surface area contributed by atoms with Crippen molar-refractivity contribution in [3.63, 3.8) is 0 Å². The minimum absolute atomic E-state index is 0.120. The van der Waals surface area contributed by atoms with E-state index in [0.717, 1.165) is 6.54 Å². The molecule has 1 atom stereocenters. The Labute approximate surface area is 113 Å². The Hall–Kier alpha value is -1.41. The van der Waals surface area contributed by atoms with E-state index in [-0.39, 0.29) is 5.28 Å². The molecule has 18 heavy (non-hydrogen) atoms. The van der Waals surface area contributed by atoms with Gasteiger partial charge in [0.1, 0.15) is 12.7 Å². The Morgan fingerprint density at radius 1 is 1.44 bits per heavy atom. The second kappa shape index (κ2) is 5.96. The number of rotatable bonds is 5. The Morgan fingerprint density at radius 3 is 2.94 bits per heavy atom. The number of nitrogens with zero attached hydrogens (tertiary/aromatic N) is 6.